The number of phenolic OH excluding ortho intramolecular Hbond substituents is 1. The highest BCUT2D eigenvalue weighted by Crippen LogP contribution is 2.24. The summed E-state index contributed by atoms with van der Waals surface area (Å²) in [4.78, 5) is 12.1. The van der Waals surface area contributed by atoms with Crippen LogP contribution in [-0.4, -0.2) is 22.9 Å². The molecule has 0 bridgehead atoms. The Labute approximate surface area is 123 Å². The second-order valence-corrected chi connectivity index (χ2v) is 6.40. The number of carbonyl (C=O) groups excluding carboxylic acids is 1. The maximum Gasteiger partial charge on any atom is 0.255 e. The standard InChI is InChI=1S/C15H22BrNO2/c1-11-6-4-7-12(13(11)18)14(19)17-10-15(2,3)8-5-9-16/h4,6-7,18H,5,8-10H2,1-3H3,(H,17,19). The van der Waals surface area contributed by atoms with Crippen LogP contribution in [0.15, 0.2) is 18.2 Å². The molecule has 4 heteroatoms. The number of carbonyl (C=O) groups is 1. The van der Waals surface area contributed by atoms with Gasteiger partial charge in [-0.05, 0) is 36.8 Å². The molecule has 19 heavy (non-hydrogen) atoms. The molecule has 0 radical (unpaired) electrons. The first kappa shape index (κ1) is 16.0. The van der Waals surface area contributed by atoms with Gasteiger partial charge in [-0.25, -0.2) is 0 Å². The second-order valence-electron chi connectivity index (χ2n) is 5.61. The molecule has 0 fully saturated rings. The first-order valence-electron chi connectivity index (χ1n) is 6.50. The Morgan fingerprint density at radius 1 is 1.42 bits per heavy atom. The first-order chi connectivity index (χ1) is 8.87. The summed E-state index contributed by atoms with van der Waals surface area (Å²) in [6.45, 7) is 6.65. The Morgan fingerprint density at radius 2 is 2.11 bits per heavy atom. The summed E-state index contributed by atoms with van der Waals surface area (Å²) in [5.74, 6) is -0.147. The minimum Gasteiger partial charge on any atom is -0.507 e. The summed E-state index contributed by atoms with van der Waals surface area (Å²) in [7, 11) is 0. The number of para-hydroxylation sites is 1. The smallest absolute Gasteiger partial charge is 0.255 e. The molecule has 0 aliphatic carbocycles. The molecule has 0 aromatic heterocycles. The van der Waals surface area contributed by atoms with Crippen LogP contribution >= 0.6 is 15.9 Å². The monoisotopic (exact) mass is 327 g/mol. The summed E-state index contributed by atoms with van der Waals surface area (Å²) in [5.41, 5.74) is 1.12. The zero-order valence-electron chi connectivity index (χ0n) is 11.8. The van der Waals surface area contributed by atoms with Crippen molar-refractivity contribution in [2.45, 2.75) is 33.6 Å². The minimum absolute atomic E-state index is 0.0584. The van der Waals surface area contributed by atoms with Crippen molar-refractivity contribution in [3.63, 3.8) is 0 Å². The molecule has 1 aromatic carbocycles. The van der Waals surface area contributed by atoms with Crippen molar-refractivity contribution in [1.29, 1.82) is 0 Å². The van der Waals surface area contributed by atoms with Gasteiger partial charge in [-0.1, -0.05) is 41.9 Å². The van der Waals surface area contributed by atoms with Gasteiger partial charge in [-0.15, -0.1) is 0 Å². The van der Waals surface area contributed by atoms with Gasteiger partial charge in [0.1, 0.15) is 5.75 Å². The highest BCUT2D eigenvalue weighted by atomic mass is 79.9. The molecule has 2 N–H and O–H groups in total. The lowest BCUT2D eigenvalue weighted by atomic mass is 9.88. The Morgan fingerprint density at radius 3 is 2.74 bits per heavy atom. The number of aryl methyl sites for hydroxylation is 1. The molecule has 3 nitrogen and oxygen atoms in total. The lowest BCUT2D eigenvalue weighted by molar-refractivity contribution is 0.0931. The van der Waals surface area contributed by atoms with Crippen LogP contribution in [0, 0.1) is 12.3 Å². The number of amides is 1. The number of benzene rings is 1. The van der Waals surface area contributed by atoms with E-state index in [1.54, 1.807) is 25.1 Å². The van der Waals surface area contributed by atoms with Crippen molar-refractivity contribution in [3.05, 3.63) is 29.3 Å². The zero-order valence-corrected chi connectivity index (χ0v) is 13.4. The van der Waals surface area contributed by atoms with Crippen LogP contribution in [0.2, 0.25) is 0 Å². The number of alkyl halides is 1. The van der Waals surface area contributed by atoms with E-state index in [2.05, 4.69) is 35.1 Å². The third kappa shape index (κ3) is 4.86. The van der Waals surface area contributed by atoms with Crippen LogP contribution in [0.5, 0.6) is 5.75 Å². The lowest BCUT2D eigenvalue weighted by Gasteiger charge is -2.24. The molecule has 0 aliphatic heterocycles. The number of halogens is 1. The van der Waals surface area contributed by atoms with Crippen LogP contribution in [0.3, 0.4) is 0 Å². The number of hydrogen-bond donors (Lipinski definition) is 2. The van der Waals surface area contributed by atoms with Gasteiger partial charge in [-0.3, -0.25) is 4.79 Å². The predicted octanol–water partition coefficient (Wildman–Crippen LogP) is 3.63. The van der Waals surface area contributed by atoms with Gasteiger partial charge in [0.2, 0.25) is 0 Å². The highest BCUT2D eigenvalue weighted by Gasteiger charge is 2.20. The normalized spacial score (nSPS) is 11.4. The summed E-state index contributed by atoms with van der Waals surface area (Å²) < 4.78 is 0. The van der Waals surface area contributed by atoms with Crippen LogP contribution in [-0.2, 0) is 0 Å². The second kappa shape index (κ2) is 6.94. The van der Waals surface area contributed by atoms with E-state index in [4.69, 9.17) is 0 Å². The average molecular weight is 328 g/mol. The average Bonchev–Trinajstić information content (AvgIpc) is 2.37. The van der Waals surface area contributed by atoms with Crippen LogP contribution in [0.4, 0.5) is 0 Å². The van der Waals surface area contributed by atoms with Crippen molar-refractivity contribution in [2.24, 2.45) is 5.41 Å². The Balaban J connectivity index is 2.63. The number of phenols is 1. The Hall–Kier alpha value is -1.03. The molecule has 0 saturated heterocycles. The van der Waals surface area contributed by atoms with Crippen LogP contribution < -0.4 is 5.32 Å². The van der Waals surface area contributed by atoms with E-state index >= 15 is 0 Å². The highest BCUT2D eigenvalue weighted by molar-refractivity contribution is 9.09. The summed E-state index contributed by atoms with van der Waals surface area (Å²) in [6, 6.07) is 5.20. The van der Waals surface area contributed by atoms with Gasteiger partial charge >= 0.3 is 0 Å². The number of rotatable bonds is 6. The lowest BCUT2D eigenvalue weighted by Crippen LogP contribution is -2.34. The van der Waals surface area contributed by atoms with Gasteiger partial charge in [0, 0.05) is 11.9 Å². The molecule has 106 valence electrons. The van der Waals surface area contributed by atoms with E-state index in [1.807, 2.05) is 0 Å². The van der Waals surface area contributed by atoms with Crippen molar-refractivity contribution in [3.8, 4) is 5.75 Å². The molecule has 0 aliphatic rings. The van der Waals surface area contributed by atoms with E-state index in [0.717, 1.165) is 18.2 Å². The fourth-order valence-corrected chi connectivity index (χ4v) is 2.17. The van der Waals surface area contributed by atoms with Crippen molar-refractivity contribution in [1.82, 2.24) is 5.32 Å². The molecular formula is C15H22BrNO2. The molecular weight excluding hydrogens is 306 g/mol. The topological polar surface area (TPSA) is 49.3 Å². The molecule has 1 rings (SSSR count). The van der Waals surface area contributed by atoms with E-state index in [-0.39, 0.29) is 17.1 Å². The number of nitrogens with one attached hydrogen (secondary N) is 1. The van der Waals surface area contributed by atoms with Gasteiger partial charge in [0.05, 0.1) is 5.56 Å². The van der Waals surface area contributed by atoms with E-state index < -0.39 is 0 Å². The van der Waals surface area contributed by atoms with E-state index in [1.165, 1.54) is 0 Å². The number of aromatic hydroxyl groups is 1. The maximum atomic E-state index is 12.1. The SMILES string of the molecule is Cc1cccc(C(=O)NCC(C)(C)CCCBr)c1O. The molecule has 0 spiro atoms. The van der Waals surface area contributed by atoms with Crippen LogP contribution in [0.1, 0.15) is 42.6 Å². The Bertz CT molecular complexity index is 444. The fraction of sp³-hybridized carbons (Fsp3) is 0.533. The maximum absolute atomic E-state index is 12.1. The van der Waals surface area contributed by atoms with E-state index in [0.29, 0.717) is 17.7 Å². The van der Waals surface area contributed by atoms with Gasteiger partial charge < -0.3 is 10.4 Å². The first-order valence-corrected chi connectivity index (χ1v) is 7.62. The number of hydrogen-bond acceptors (Lipinski definition) is 2. The predicted molar refractivity (Wildman–Crippen MR) is 82.0 cm³/mol. The zero-order chi connectivity index (χ0) is 14.5. The van der Waals surface area contributed by atoms with Crippen molar-refractivity contribution < 1.29 is 9.90 Å². The van der Waals surface area contributed by atoms with E-state index in [9.17, 15) is 9.90 Å². The third-order valence-electron chi connectivity index (χ3n) is 3.20. The molecule has 0 heterocycles. The van der Waals surface area contributed by atoms with Crippen LogP contribution in [0.25, 0.3) is 0 Å². The summed E-state index contributed by atoms with van der Waals surface area (Å²) in [6.07, 6.45) is 2.12. The Kier molecular flexibility index (Phi) is 5.85. The van der Waals surface area contributed by atoms with Gasteiger partial charge in [0.25, 0.3) is 5.91 Å². The molecule has 0 saturated carbocycles. The molecule has 0 atom stereocenters. The minimum atomic E-state index is -0.215. The third-order valence-corrected chi connectivity index (χ3v) is 3.76. The van der Waals surface area contributed by atoms with Crippen molar-refractivity contribution in [2.75, 3.05) is 11.9 Å². The fourth-order valence-electron chi connectivity index (χ4n) is 1.89. The quantitative estimate of drug-likeness (QED) is 0.784. The summed E-state index contributed by atoms with van der Waals surface area (Å²) in [5, 5.41) is 13.7. The molecule has 0 unspecified atom stereocenters. The van der Waals surface area contributed by atoms with Gasteiger partial charge in [-0.2, -0.15) is 0 Å². The molecule has 1 aromatic rings. The largest absolute Gasteiger partial charge is 0.507 e. The summed E-state index contributed by atoms with van der Waals surface area (Å²) >= 11 is 3.42. The van der Waals surface area contributed by atoms with Gasteiger partial charge in [0.15, 0.2) is 0 Å². The van der Waals surface area contributed by atoms with Crippen molar-refractivity contribution >= 4 is 21.8 Å². The molecule has 1 amide bonds.